The number of fused-ring (bicyclic) bond motifs is 1. The summed E-state index contributed by atoms with van der Waals surface area (Å²) < 4.78 is 34.5. The summed E-state index contributed by atoms with van der Waals surface area (Å²) in [6.07, 6.45) is 1.50. The summed E-state index contributed by atoms with van der Waals surface area (Å²) >= 11 is 0. The Kier molecular flexibility index (Phi) is 7.98. The number of carbonyl (C=O) groups is 1. The Morgan fingerprint density at radius 3 is 2.34 bits per heavy atom. The molecule has 1 atom stereocenters. The van der Waals surface area contributed by atoms with Crippen LogP contribution >= 0.6 is 0 Å². The zero-order valence-corrected chi connectivity index (χ0v) is 21.8. The molecule has 200 valence electrons. The highest BCUT2D eigenvalue weighted by Gasteiger charge is 2.34. The van der Waals surface area contributed by atoms with E-state index < -0.39 is 21.2 Å². The van der Waals surface area contributed by atoms with Gasteiger partial charge in [0.25, 0.3) is 0 Å². The first-order valence-corrected chi connectivity index (χ1v) is 13.7. The van der Waals surface area contributed by atoms with Gasteiger partial charge in [0.05, 0.1) is 5.84 Å². The fourth-order valence-corrected chi connectivity index (χ4v) is 5.83. The van der Waals surface area contributed by atoms with E-state index in [1.165, 1.54) is 12.1 Å². The van der Waals surface area contributed by atoms with E-state index in [2.05, 4.69) is 4.72 Å². The quantitative estimate of drug-likeness (QED) is 0.206. The maximum Gasteiger partial charge on any atom is 0.327 e. The number of nitrogen functional groups attached to an aromatic ring is 1. The molecule has 3 aromatic carbocycles. The Morgan fingerprint density at radius 2 is 1.74 bits per heavy atom. The first kappa shape index (κ1) is 27.1. The zero-order valence-electron chi connectivity index (χ0n) is 21.0. The molecule has 0 spiro atoms. The van der Waals surface area contributed by atoms with Crippen molar-refractivity contribution in [3.8, 4) is 5.75 Å². The van der Waals surface area contributed by atoms with Crippen LogP contribution < -0.4 is 15.2 Å². The number of piperidine rings is 1. The summed E-state index contributed by atoms with van der Waals surface area (Å²) in [5, 5.41) is 25.0. The van der Waals surface area contributed by atoms with Crippen molar-refractivity contribution >= 4 is 38.4 Å². The van der Waals surface area contributed by atoms with Crippen molar-refractivity contribution < 1.29 is 23.1 Å². The second-order valence-electron chi connectivity index (χ2n) is 9.35. The molecule has 1 heterocycles. The lowest BCUT2D eigenvalue weighted by Gasteiger charge is -2.32. The average molecular weight is 538 g/mol. The Bertz CT molecular complexity index is 1460. The van der Waals surface area contributed by atoms with Gasteiger partial charge < -0.3 is 20.5 Å². The summed E-state index contributed by atoms with van der Waals surface area (Å²) in [6, 6.07) is 16.8. The number of carboxylic acid groups (broad SMARTS) is 1. The van der Waals surface area contributed by atoms with Crippen molar-refractivity contribution in [2.24, 2.45) is 5.73 Å². The maximum atomic E-state index is 13.1. The van der Waals surface area contributed by atoms with Crippen LogP contribution in [-0.4, -0.2) is 55.3 Å². The number of hydrogen-bond acceptors (Lipinski definition) is 6. The summed E-state index contributed by atoms with van der Waals surface area (Å²) in [5.41, 5.74) is 6.88. The summed E-state index contributed by atoms with van der Waals surface area (Å²) in [5.74, 6) is -0.480. The van der Waals surface area contributed by atoms with Gasteiger partial charge in [-0.1, -0.05) is 36.4 Å². The van der Waals surface area contributed by atoms with Crippen molar-refractivity contribution in [2.75, 3.05) is 13.1 Å². The van der Waals surface area contributed by atoms with Crippen LogP contribution in [0.4, 0.5) is 0 Å². The van der Waals surface area contributed by atoms with E-state index in [4.69, 9.17) is 21.3 Å². The third-order valence-electron chi connectivity index (χ3n) is 6.63. The maximum absolute atomic E-state index is 13.1. The lowest BCUT2D eigenvalue weighted by atomic mass is 10.0. The van der Waals surface area contributed by atoms with Gasteiger partial charge in [-0.2, -0.15) is 0 Å². The van der Waals surface area contributed by atoms with Gasteiger partial charge >= 0.3 is 5.97 Å². The van der Waals surface area contributed by atoms with Crippen LogP contribution in [-0.2, 0) is 21.4 Å². The second-order valence-corrected chi connectivity index (χ2v) is 11.2. The predicted molar refractivity (Wildman–Crippen MR) is 146 cm³/mol. The molecule has 1 aliphatic heterocycles. The molecule has 6 N–H and O–H groups in total. The molecule has 11 heteroatoms. The van der Waals surface area contributed by atoms with Crippen LogP contribution in [0, 0.1) is 10.8 Å². The number of nitrogens with zero attached hydrogens (tertiary/aromatic N) is 1. The van der Waals surface area contributed by atoms with Gasteiger partial charge in [0.2, 0.25) is 10.0 Å². The average Bonchev–Trinajstić information content (AvgIpc) is 2.88. The van der Waals surface area contributed by atoms with E-state index in [1.54, 1.807) is 43.3 Å². The van der Waals surface area contributed by atoms with Crippen molar-refractivity contribution in [3.05, 3.63) is 77.4 Å². The highest BCUT2D eigenvalue weighted by molar-refractivity contribution is 7.90. The predicted octanol–water partition coefficient (Wildman–Crippen LogP) is 3.21. The number of nitrogens with two attached hydrogens (primary N) is 1. The Balaban J connectivity index is 1.44. The topological polar surface area (TPSA) is 170 Å². The molecule has 0 saturated carbocycles. The van der Waals surface area contributed by atoms with E-state index in [0.717, 1.165) is 36.7 Å². The van der Waals surface area contributed by atoms with Crippen molar-refractivity contribution in [1.29, 1.82) is 10.8 Å². The molecule has 10 nitrogen and oxygen atoms in total. The van der Waals surface area contributed by atoms with E-state index in [-0.39, 0.29) is 24.0 Å². The molecule has 0 radical (unpaired) electrons. The molecule has 38 heavy (non-hydrogen) atoms. The zero-order chi connectivity index (χ0) is 27.4. The third-order valence-corrected chi connectivity index (χ3v) is 8.27. The normalized spacial score (nSPS) is 15.2. The van der Waals surface area contributed by atoms with Crippen LogP contribution in [0.25, 0.3) is 10.8 Å². The fourth-order valence-electron chi connectivity index (χ4n) is 4.52. The number of aliphatic carboxylic acids is 1. The van der Waals surface area contributed by atoms with E-state index in [0.29, 0.717) is 22.7 Å². The highest BCUT2D eigenvalue weighted by Crippen LogP contribution is 2.27. The number of hydrogen-bond donors (Lipinski definition) is 5. The summed E-state index contributed by atoms with van der Waals surface area (Å²) in [6.45, 7) is 3.13. The number of carboxylic acids is 1. The molecule has 3 aromatic rings. The van der Waals surface area contributed by atoms with E-state index >= 15 is 0 Å². The van der Waals surface area contributed by atoms with Gasteiger partial charge in [-0.05, 0) is 53.1 Å². The number of amidine groups is 2. The number of nitrogens with one attached hydrogen (secondary N) is 3. The third kappa shape index (κ3) is 6.29. The van der Waals surface area contributed by atoms with Crippen LogP contribution in [0.3, 0.4) is 0 Å². The molecular weight excluding hydrogens is 506 g/mol. The standard InChI is InChI=1S/C27H31N5O5S/c1-17(28)32-12-10-24(11-13-32)37-23-8-6-20(7-9-23)25(27(33)34)38(35,36)31-16-18-2-3-19-4-5-21(26(29)30)15-22(19)14-18/h2-9,14-15,24-25,28,31H,10-13,16H2,1H3,(H3,29,30)(H,33,34). The van der Waals surface area contributed by atoms with Crippen LogP contribution in [0.5, 0.6) is 5.75 Å². The van der Waals surface area contributed by atoms with Crippen molar-refractivity contribution in [1.82, 2.24) is 9.62 Å². The Hall–Kier alpha value is -3.96. The van der Waals surface area contributed by atoms with Gasteiger partial charge in [0, 0.05) is 38.0 Å². The molecular formula is C27H31N5O5S. The first-order chi connectivity index (χ1) is 18.0. The molecule has 0 aromatic heterocycles. The largest absolute Gasteiger partial charge is 0.490 e. The number of rotatable bonds is 9. The minimum Gasteiger partial charge on any atom is -0.490 e. The smallest absolute Gasteiger partial charge is 0.327 e. The Labute approximate surface area is 221 Å². The van der Waals surface area contributed by atoms with Crippen LogP contribution in [0.15, 0.2) is 60.7 Å². The Morgan fingerprint density at radius 1 is 1.08 bits per heavy atom. The van der Waals surface area contributed by atoms with Gasteiger partial charge in [0.1, 0.15) is 17.7 Å². The number of likely N-dealkylation sites (tertiary alicyclic amines) is 1. The van der Waals surface area contributed by atoms with Crippen molar-refractivity contribution in [2.45, 2.75) is 37.7 Å². The molecule has 0 bridgehead atoms. The first-order valence-electron chi connectivity index (χ1n) is 12.2. The lowest BCUT2D eigenvalue weighted by molar-refractivity contribution is -0.136. The number of sulfonamides is 1. The summed E-state index contributed by atoms with van der Waals surface area (Å²) in [4.78, 5) is 14.0. The molecule has 1 fully saturated rings. The molecule has 1 unspecified atom stereocenters. The van der Waals surface area contributed by atoms with Gasteiger partial charge in [0.15, 0.2) is 5.25 Å². The fraction of sp³-hybridized carbons (Fsp3) is 0.296. The molecule has 1 aliphatic rings. The minimum atomic E-state index is -4.27. The SMILES string of the molecule is CC(=N)N1CCC(Oc2ccc(C(C(=O)O)S(=O)(=O)NCc3ccc4ccc(C(=N)N)cc4c3)cc2)CC1. The van der Waals surface area contributed by atoms with Crippen LogP contribution in [0.1, 0.15) is 41.7 Å². The molecule has 0 aliphatic carbocycles. The second kappa shape index (κ2) is 11.2. The molecule has 4 rings (SSSR count). The molecule has 1 saturated heterocycles. The monoisotopic (exact) mass is 537 g/mol. The lowest BCUT2D eigenvalue weighted by Crippen LogP contribution is -2.40. The van der Waals surface area contributed by atoms with Gasteiger partial charge in [-0.25, -0.2) is 13.1 Å². The van der Waals surface area contributed by atoms with Crippen LogP contribution in [0.2, 0.25) is 0 Å². The van der Waals surface area contributed by atoms with Gasteiger partial charge in [-0.15, -0.1) is 0 Å². The molecule has 0 amide bonds. The highest BCUT2D eigenvalue weighted by atomic mass is 32.2. The number of ether oxygens (including phenoxy) is 1. The van der Waals surface area contributed by atoms with Crippen molar-refractivity contribution in [3.63, 3.8) is 0 Å². The minimum absolute atomic E-state index is 0.0226. The number of benzene rings is 3. The van der Waals surface area contributed by atoms with E-state index in [9.17, 15) is 18.3 Å². The van der Waals surface area contributed by atoms with Gasteiger partial charge in [-0.3, -0.25) is 15.6 Å². The van der Waals surface area contributed by atoms with E-state index in [1.807, 2.05) is 17.0 Å². The summed E-state index contributed by atoms with van der Waals surface area (Å²) in [7, 11) is -4.27.